The van der Waals surface area contributed by atoms with Crippen molar-refractivity contribution < 1.29 is 0 Å². The van der Waals surface area contributed by atoms with Gasteiger partial charge in [-0.25, -0.2) is 0 Å². The minimum Gasteiger partial charge on any atom is -0.398 e. The maximum Gasteiger partial charge on any atom is 0.102 e. The Morgan fingerprint density at radius 1 is 1.31 bits per heavy atom. The molecular formula is C12H9ClN2S. The molecule has 2 rings (SSSR count). The molecule has 0 saturated heterocycles. The zero-order chi connectivity index (χ0) is 11.7. The molecule has 0 atom stereocenters. The fraction of sp³-hybridized carbons (Fsp3) is 0.0833. The van der Waals surface area contributed by atoms with Crippen molar-refractivity contribution in [1.82, 2.24) is 0 Å². The zero-order valence-electron chi connectivity index (χ0n) is 8.62. The number of thiophene rings is 1. The first kappa shape index (κ1) is 11.0. The van der Waals surface area contributed by atoms with Gasteiger partial charge in [0.15, 0.2) is 0 Å². The van der Waals surface area contributed by atoms with Crippen LogP contribution in [-0.2, 0) is 0 Å². The molecule has 0 saturated carbocycles. The Balaban J connectivity index is 2.64. The summed E-state index contributed by atoms with van der Waals surface area (Å²) in [5.74, 6) is 0. The number of hydrogen-bond donors (Lipinski definition) is 1. The lowest BCUT2D eigenvalue weighted by atomic mass is 10.0. The normalized spacial score (nSPS) is 10.1. The van der Waals surface area contributed by atoms with E-state index in [1.54, 1.807) is 6.07 Å². The van der Waals surface area contributed by atoms with E-state index >= 15 is 0 Å². The molecule has 1 heterocycles. The summed E-state index contributed by atoms with van der Waals surface area (Å²) in [6, 6.07) is 9.61. The van der Waals surface area contributed by atoms with Gasteiger partial charge >= 0.3 is 0 Å². The molecule has 0 spiro atoms. The Labute approximate surface area is 103 Å². The molecule has 0 amide bonds. The van der Waals surface area contributed by atoms with E-state index in [-0.39, 0.29) is 0 Å². The second-order valence-corrected chi connectivity index (χ2v) is 5.13. The van der Waals surface area contributed by atoms with Gasteiger partial charge in [-0.15, -0.1) is 11.3 Å². The summed E-state index contributed by atoms with van der Waals surface area (Å²) >= 11 is 7.39. The topological polar surface area (TPSA) is 49.8 Å². The van der Waals surface area contributed by atoms with Crippen molar-refractivity contribution in [2.75, 3.05) is 5.73 Å². The van der Waals surface area contributed by atoms with E-state index in [2.05, 4.69) is 6.07 Å². The quantitative estimate of drug-likeness (QED) is 0.780. The third kappa shape index (κ3) is 1.78. The Hall–Kier alpha value is -1.50. The Bertz CT molecular complexity index is 581. The summed E-state index contributed by atoms with van der Waals surface area (Å²) in [5, 5.41) is 9.02. The molecule has 2 N–H and O–H groups in total. The number of rotatable bonds is 1. The summed E-state index contributed by atoms with van der Waals surface area (Å²) in [6.45, 7) is 1.90. The standard InChI is InChI=1S/C12H9ClN2S/c1-7-8(11-4-5-12(13)16-11)2-3-10(15)9(7)6-14/h2-5H,15H2,1H3. The molecule has 0 bridgehead atoms. The summed E-state index contributed by atoms with van der Waals surface area (Å²) in [5.41, 5.74) is 8.72. The number of halogens is 1. The number of hydrogen-bond acceptors (Lipinski definition) is 3. The molecule has 16 heavy (non-hydrogen) atoms. The van der Waals surface area contributed by atoms with Crippen LogP contribution in [0.1, 0.15) is 11.1 Å². The maximum absolute atomic E-state index is 9.02. The first-order valence-electron chi connectivity index (χ1n) is 4.68. The van der Waals surface area contributed by atoms with Crippen LogP contribution in [0.15, 0.2) is 24.3 Å². The lowest BCUT2D eigenvalue weighted by Gasteiger charge is -2.07. The van der Waals surface area contributed by atoms with E-state index in [9.17, 15) is 0 Å². The van der Waals surface area contributed by atoms with Gasteiger partial charge in [-0.2, -0.15) is 5.26 Å². The van der Waals surface area contributed by atoms with Crippen LogP contribution in [0.2, 0.25) is 4.34 Å². The van der Waals surface area contributed by atoms with Gasteiger partial charge < -0.3 is 5.73 Å². The molecular weight excluding hydrogens is 240 g/mol. The van der Waals surface area contributed by atoms with E-state index in [0.29, 0.717) is 11.3 Å². The SMILES string of the molecule is Cc1c(-c2ccc(Cl)s2)ccc(N)c1C#N. The molecule has 0 radical (unpaired) electrons. The largest absolute Gasteiger partial charge is 0.398 e. The number of nitrogen functional groups attached to an aromatic ring is 1. The summed E-state index contributed by atoms with van der Waals surface area (Å²) in [6.07, 6.45) is 0. The van der Waals surface area contributed by atoms with Crippen LogP contribution in [0.3, 0.4) is 0 Å². The smallest absolute Gasteiger partial charge is 0.102 e. The minimum absolute atomic E-state index is 0.520. The molecule has 2 nitrogen and oxygen atoms in total. The highest BCUT2D eigenvalue weighted by Gasteiger charge is 2.10. The van der Waals surface area contributed by atoms with Gasteiger partial charge in [0, 0.05) is 10.6 Å². The van der Waals surface area contributed by atoms with E-state index in [4.69, 9.17) is 22.6 Å². The van der Waals surface area contributed by atoms with Crippen molar-refractivity contribution in [3.63, 3.8) is 0 Å². The third-order valence-electron chi connectivity index (χ3n) is 2.45. The second kappa shape index (κ2) is 4.17. The second-order valence-electron chi connectivity index (χ2n) is 3.42. The van der Waals surface area contributed by atoms with Crippen molar-refractivity contribution >= 4 is 28.6 Å². The van der Waals surface area contributed by atoms with Gasteiger partial charge in [0.05, 0.1) is 9.90 Å². The van der Waals surface area contributed by atoms with Crippen molar-refractivity contribution in [2.45, 2.75) is 6.92 Å². The first-order chi connectivity index (χ1) is 7.63. The van der Waals surface area contributed by atoms with Crippen molar-refractivity contribution in [3.8, 4) is 16.5 Å². The van der Waals surface area contributed by atoms with Crippen molar-refractivity contribution in [2.24, 2.45) is 0 Å². The fourth-order valence-electron chi connectivity index (χ4n) is 1.61. The molecule has 1 aromatic heterocycles. The average molecular weight is 249 g/mol. The molecule has 0 unspecified atom stereocenters. The Morgan fingerprint density at radius 2 is 2.06 bits per heavy atom. The number of benzene rings is 1. The molecule has 0 aliphatic heterocycles. The van der Waals surface area contributed by atoms with Gasteiger partial charge in [0.2, 0.25) is 0 Å². The van der Waals surface area contributed by atoms with Crippen LogP contribution >= 0.6 is 22.9 Å². The third-order valence-corrected chi connectivity index (χ3v) is 3.71. The summed E-state index contributed by atoms with van der Waals surface area (Å²) in [7, 11) is 0. The molecule has 80 valence electrons. The van der Waals surface area contributed by atoms with Crippen LogP contribution in [0.5, 0.6) is 0 Å². The predicted molar refractivity (Wildman–Crippen MR) is 68.6 cm³/mol. The van der Waals surface area contributed by atoms with Crippen molar-refractivity contribution in [1.29, 1.82) is 5.26 Å². The highest BCUT2D eigenvalue weighted by molar-refractivity contribution is 7.19. The van der Waals surface area contributed by atoms with Crippen LogP contribution < -0.4 is 5.73 Å². The summed E-state index contributed by atoms with van der Waals surface area (Å²) in [4.78, 5) is 1.05. The van der Waals surface area contributed by atoms with E-state index in [1.165, 1.54) is 11.3 Å². The monoisotopic (exact) mass is 248 g/mol. The highest BCUT2D eigenvalue weighted by Crippen LogP contribution is 2.35. The van der Waals surface area contributed by atoms with Crippen LogP contribution in [0, 0.1) is 18.3 Å². The number of nitrogens with two attached hydrogens (primary N) is 1. The average Bonchev–Trinajstić information content (AvgIpc) is 2.65. The predicted octanol–water partition coefficient (Wildman–Crippen LogP) is 3.83. The van der Waals surface area contributed by atoms with Gasteiger partial charge in [-0.05, 0) is 36.2 Å². The molecule has 2 aromatic rings. The van der Waals surface area contributed by atoms with E-state index in [0.717, 1.165) is 20.3 Å². The molecule has 1 aromatic carbocycles. The summed E-state index contributed by atoms with van der Waals surface area (Å²) < 4.78 is 0.740. The van der Waals surface area contributed by atoms with Crippen LogP contribution in [0.25, 0.3) is 10.4 Å². The van der Waals surface area contributed by atoms with Crippen LogP contribution in [0.4, 0.5) is 5.69 Å². The molecule has 0 aliphatic rings. The molecule has 4 heteroatoms. The highest BCUT2D eigenvalue weighted by atomic mass is 35.5. The Morgan fingerprint density at radius 3 is 2.62 bits per heavy atom. The molecule has 0 aliphatic carbocycles. The zero-order valence-corrected chi connectivity index (χ0v) is 10.2. The number of nitriles is 1. The van der Waals surface area contributed by atoms with Gasteiger partial charge in [-0.3, -0.25) is 0 Å². The van der Waals surface area contributed by atoms with Crippen LogP contribution in [-0.4, -0.2) is 0 Å². The van der Waals surface area contributed by atoms with Crippen molar-refractivity contribution in [3.05, 3.63) is 39.7 Å². The maximum atomic E-state index is 9.02. The van der Waals surface area contributed by atoms with Gasteiger partial charge in [0.25, 0.3) is 0 Å². The van der Waals surface area contributed by atoms with Gasteiger partial charge in [-0.1, -0.05) is 17.7 Å². The van der Waals surface area contributed by atoms with E-state index in [1.807, 2.05) is 25.1 Å². The Kier molecular flexibility index (Phi) is 2.86. The minimum atomic E-state index is 0.520. The van der Waals surface area contributed by atoms with E-state index < -0.39 is 0 Å². The lowest BCUT2D eigenvalue weighted by Crippen LogP contribution is -1.94. The molecule has 0 fully saturated rings. The van der Waals surface area contributed by atoms with Gasteiger partial charge in [0.1, 0.15) is 6.07 Å². The number of nitrogens with zero attached hydrogens (tertiary/aromatic N) is 1. The first-order valence-corrected chi connectivity index (χ1v) is 5.88. The fourth-order valence-corrected chi connectivity index (χ4v) is 2.73. The lowest BCUT2D eigenvalue weighted by molar-refractivity contribution is 1.40. The number of anilines is 1.